The molecule has 7 nitrogen and oxygen atoms in total. The normalized spacial score (nSPS) is 18.1. The summed E-state index contributed by atoms with van der Waals surface area (Å²) in [6.45, 7) is 9.14. The van der Waals surface area contributed by atoms with Gasteiger partial charge in [0.05, 0.1) is 31.1 Å². The third-order valence-corrected chi connectivity index (χ3v) is 7.01. The van der Waals surface area contributed by atoms with Gasteiger partial charge < -0.3 is 9.32 Å². The molecule has 0 unspecified atom stereocenters. The van der Waals surface area contributed by atoms with Crippen LogP contribution in [0.5, 0.6) is 0 Å². The van der Waals surface area contributed by atoms with Crippen LogP contribution in [-0.4, -0.2) is 49.1 Å². The summed E-state index contributed by atoms with van der Waals surface area (Å²) in [6, 6.07) is 7.33. The minimum Gasteiger partial charge on any atom is -0.420 e. The molecule has 2 heterocycles. The van der Waals surface area contributed by atoms with Crippen LogP contribution in [0, 0.1) is 6.92 Å². The highest BCUT2D eigenvalue weighted by Crippen LogP contribution is 2.22. The fraction of sp³-hybridized carbons (Fsp3) is 0.556. The highest BCUT2D eigenvalue weighted by molar-refractivity contribution is 7.89. The fourth-order valence-corrected chi connectivity index (χ4v) is 4.64. The lowest BCUT2D eigenvalue weighted by molar-refractivity contribution is -0.918. The van der Waals surface area contributed by atoms with Crippen LogP contribution in [0.25, 0.3) is 0 Å². The lowest BCUT2D eigenvalue weighted by Crippen LogP contribution is -3.13. The number of sulfonamides is 1. The first-order chi connectivity index (χ1) is 12.4. The number of hydrogen-bond donors (Lipinski definition) is 1. The van der Waals surface area contributed by atoms with Crippen molar-refractivity contribution in [3.05, 3.63) is 41.6 Å². The van der Waals surface area contributed by atoms with Crippen molar-refractivity contribution >= 4 is 10.0 Å². The molecule has 1 aliphatic heterocycles. The molecular weight excluding hydrogens is 352 g/mol. The summed E-state index contributed by atoms with van der Waals surface area (Å²) in [4.78, 5) is 1.63. The molecule has 1 N–H and O–H groups in total. The predicted molar refractivity (Wildman–Crippen MR) is 97.3 cm³/mol. The zero-order valence-corrected chi connectivity index (χ0v) is 16.4. The molecule has 8 heteroatoms. The molecule has 0 bridgehead atoms. The molecule has 1 atom stereocenters. The Labute approximate surface area is 155 Å². The average Bonchev–Trinajstić information content (AvgIpc) is 3.06. The van der Waals surface area contributed by atoms with Crippen LogP contribution in [-0.2, 0) is 16.6 Å². The molecule has 0 aliphatic carbocycles. The average molecular weight is 380 g/mol. The van der Waals surface area contributed by atoms with E-state index in [1.165, 1.54) is 10.5 Å². The fourth-order valence-electron chi connectivity index (χ4n) is 3.20. The maximum atomic E-state index is 12.9. The standard InChI is InChI=1S/C18H26N4O3S/c1-4-14(2)16-5-7-17(8-6-16)26(23,24)22-11-9-21(10-12-22)13-18-20-19-15(3)25-18/h5-8,14H,4,9-13H2,1-3H3/p+1/t14-/m1/s1. The summed E-state index contributed by atoms with van der Waals surface area (Å²) in [5, 5.41) is 7.85. The van der Waals surface area contributed by atoms with E-state index in [-0.39, 0.29) is 0 Å². The van der Waals surface area contributed by atoms with E-state index < -0.39 is 10.0 Å². The summed E-state index contributed by atoms with van der Waals surface area (Å²) in [5.41, 5.74) is 1.18. The first-order valence-electron chi connectivity index (χ1n) is 9.12. The zero-order valence-electron chi connectivity index (χ0n) is 15.6. The summed E-state index contributed by atoms with van der Waals surface area (Å²) in [6.07, 6.45) is 1.04. The Balaban J connectivity index is 1.62. The number of rotatable bonds is 6. The number of nitrogens with zero attached hydrogens (tertiary/aromatic N) is 3. The van der Waals surface area contributed by atoms with Gasteiger partial charge in [-0.15, -0.1) is 10.2 Å². The monoisotopic (exact) mass is 379 g/mol. The minimum absolute atomic E-state index is 0.375. The smallest absolute Gasteiger partial charge is 0.271 e. The molecule has 142 valence electrons. The first kappa shape index (κ1) is 19.0. The molecule has 1 saturated heterocycles. The van der Waals surface area contributed by atoms with Crippen LogP contribution in [0.3, 0.4) is 0 Å². The SMILES string of the molecule is CC[C@@H](C)c1ccc(S(=O)(=O)N2CC[NH+](Cc3nnc(C)o3)CC2)cc1. The number of nitrogens with one attached hydrogen (secondary N) is 1. The van der Waals surface area contributed by atoms with Crippen LogP contribution in [0.15, 0.2) is 33.6 Å². The second-order valence-corrected chi connectivity index (χ2v) is 8.86. The van der Waals surface area contributed by atoms with E-state index in [1.54, 1.807) is 23.4 Å². The van der Waals surface area contributed by atoms with Gasteiger partial charge in [0.15, 0.2) is 6.54 Å². The van der Waals surface area contributed by atoms with Crippen LogP contribution < -0.4 is 4.90 Å². The van der Waals surface area contributed by atoms with E-state index in [1.807, 2.05) is 12.1 Å². The molecular formula is C18H27N4O3S+. The van der Waals surface area contributed by atoms with E-state index >= 15 is 0 Å². The molecule has 0 saturated carbocycles. The highest BCUT2D eigenvalue weighted by Gasteiger charge is 2.31. The molecule has 0 spiro atoms. The Morgan fingerprint density at radius 3 is 2.38 bits per heavy atom. The van der Waals surface area contributed by atoms with Gasteiger partial charge in [-0.05, 0) is 30.0 Å². The van der Waals surface area contributed by atoms with Crippen molar-refractivity contribution in [1.29, 1.82) is 0 Å². The Kier molecular flexibility index (Phi) is 5.74. The van der Waals surface area contributed by atoms with E-state index in [4.69, 9.17) is 4.42 Å². The molecule has 0 radical (unpaired) electrons. The Morgan fingerprint density at radius 2 is 1.85 bits per heavy atom. The van der Waals surface area contributed by atoms with E-state index in [0.29, 0.717) is 42.2 Å². The van der Waals surface area contributed by atoms with Gasteiger partial charge >= 0.3 is 0 Å². The van der Waals surface area contributed by atoms with Crippen molar-refractivity contribution in [3.63, 3.8) is 0 Å². The topological polar surface area (TPSA) is 80.7 Å². The molecule has 1 aromatic heterocycles. The molecule has 0 amide bonds. The zero-order chi connectivity index (χ0) is 18.7. The van der Waals surface area contributed by atoms with Gasteiger partial charge in [-0.25, -0.2) is 8.42 Å². The first-order valence-corrected chi connectivity index (χ1v) is 10.6. The van der Waals surface area contributed by atoms with Gasteiger partial charge in [-0.1, -0.05) is 26.0 Å². The van der Waals surface area contributed by atoms with Crippen LogP contribution >= 0.6 is 0 Å². The van der Waals surface area contributed by atoms with Gasteiger partial charge in [0.2, 0.25) is 15.9 Å². The lowest BCUT2D eigenvalue weighted by atomic mass is 9.99. The predicted octanol–water partition coefficient (Wildman–Crippen LogP) is 0.981. The largest absolute Gasteiger partial charge is 0.420 e. The van der Waals surface area contributed by atoms with Crippen LogP contribution in [0.1, 0.15) is 43.5 Å². The maximum absolute atomic E-state index is 12.9. The number of quaternary nitrogens is 1. The van der Waals surface area contributed by atoms with E-state index in [9.17, 15) is 8.42 Å². The molecule has 1 aromatic carbocycles. The molecule has 26 heavy (non-hydrogen) atoms. The maximum Gasteiger partial charge on any atom is 0.271 e. The Morgan fingerprint density at radius 1 is 1.19 bits per heavy atom. The second kappa shape index (κ2) is 7.85. The molecule has 3 rings (SSSR count). The number of aryl methyl sites for hydroxylation is 1. The van der Waals surface area contributed by atoms with Crippen molar-refractivity contribution in [1.82, 2.24) is 14.5 Å². The summed E-state index contributed by atoms with van der Waals surface area (Å²) in [5.74, 6) is 1.60. The Bertz CT molecular complexity index is 824. The summed E-state index contributed by atoms with van der Waals surface area (Å²) >= 11 is 0. The number of aromatic nitrogens is 2. The highest BCUT2D eigenvalue weighted by atomic mass is 32.2. The molecule has 1 fully saturated rings. The Hall–Kier alpha value is -1.77. The summed E-state index contributed by atoms with van der Waals surface area (Å²) in [7, 11) is -3.43. The van der Waals surface area contributed by atoms with Gasteiger partial charge in [0, 0.05) is 6.92 Å². The van der Waals surface area contributed by atoms with Crippen LogP contribution in [0.2, 0.25) is 0 Å². The van der Waals surface area contributed by atoms with E-state index in [0.717, 1.165) is 19.5 Å². The van der Waals surface area contributed by atoms with E-state index in [2.05, 4.69) is 24.0 Å². The summed E-state index contributed by atoms with van der Waals surface area (Å²) < 4.78 is 32.8. The van der Waals surface area contributed by atoms with Crippen molar-refractivity contribution in [2.24, 2.45) is 0 Å². The third kappa shape index (κ3) is 4.13. The molecule has 1 aliphatic rings. The number of benzene rings is 1. The van der Waals surface area contributed by atoms with Crippen molar-refractivity contribution in [2.45, 2.75) is 44.6 Å². The second-order valence-electron chi connectivity index (χ2n) is 6.92. The van der Waals surface area contributed by atoms with Gasteiger partial charge in [-0.2, -0.15) is 4.31 Å². The number of hydrogen-bond acceptors (Lipinski definition) is 5. The minimum atomic E-state index is -3.43. The lowest BCUT2D eigenvalue weighted by Gasteiger charge is -2.30. The van der Waals surface area contributed by atoms with Crippen molar-refractivity contribution in [3.8, 4) is 0 Å². The van der Waals surface area contributed by atoms with Crippen LogP contribution in [0.4, 0.5) is 0 Å². The van der Waals surface area contributed by atoms with Gasteiger partial charge in [-0.3, -0.25) is 0 Å². The number of piperazine rings is 1. The van der Waals surface area contributed by atoms with Gasteiger partial charge in [0.1, 0.15) is 0 Å². The van der Waals surface area contributed by atoms with Gasteiger partial charge in [0.25, 0.3) is 5.89 Å². The van der Waals surface area contributed by atoms with Crippen molar-refractivity contribution in [2.75, 3.05) is 26.2 Å². The molecule has 2 aromatic rings. The third-order valence-electron chi connectivity index (χ3n) is 5.10. The van der Waals surface area contributed by atoms with Crippen molar-refractivity contribution < 1.29 is 17.7 Å². The quantitative estimate of drug-likeness (QED) is 0.809.